The van der Waals surface area contributed by atoms with Gasteiger partial charge in [-0.3, -0.25) is 10.1 Å². The summed E-state index contributed by atoms with van der Waals surface area (Å²) in [5, 5.41) is 3.19. The van der Waals surface area contributed by atoms with Crippen molar-refractivity contribution >= 4 is 29.3 Å². The van der Waals surface area contributed by atoms with Crippen LogP contribution in [0.15, 0.2) is 28.9 Å². The first kappa shape index (κ1) is 13.8. The van der Waals surface area contributed by atoms with Crippen LogP contribution in [0.1, 0.15) is 5.76 Å². The maximum atomic E-state index is 11.7. The van der Waals surface area contributed by atoms with Crippen LogP contribution in [-0.2, 0) is 4.79 Å². The second-order valence-electron chi connectivity index (χ2n) is 4.43. The van der Waals surface area contributed by atoms with Crippen LogP contribution in [0.2, 0.25) is 0 Å². The van der Waals surface area contributed by atoms with Gasteiger partial charge in [-0.15, -0.1) is 0 Å². The molecule has 1 aliphatic heterocycles. The third kappa shape index (κ3) is 4.18. The molecule has 6 heteroatoms. The number of nitrogens with one attached hydrogen (secondary N) is 1. The van der Waals surface area contributed by atoms with Gasteiger partial charge in [-0.05, 0) is 37.5 Å². The monoisotopic (exact) mass is 279 g/mol. The predicted molar refractivity (Wildman–Crippen MR) is 77.6 cm³/mol. The molecule has 19 heavy (non-hydrogen) atoms. The van der Waals surface area contributed by atoms with Gasteiger partial charge in [0.1, 0.15) is 5.76 Å². The highest BCUT2D eigenvalue weighted by Crippen LogP contribution is 2.02. The summed E-state index contributed by atoms with van der Waals surface area (Å²) >= 11 is 5.22. The molecule has 1 aliphatic rings. The van der Waals surface area contributed by atoms with Crippen LogP contribution in [0.25, 0.3) is 6.08 Å². The fourth-order valence-corrected chi connectivity index (χ4v) is 2.06. The minimum absolute atomic E-state index is 0.236. The highest BCUT2D eigenvalue weighted by atomic mass is 32.1. The zero-order valence-corrected chi connectivity index (χ0v) is 11.7. The topological polar surface area (TPSA) is 48.7 Å². The Kier molecular flexibility index (Phi) is 4.70. The molecule has 0 unspecified atom stereocenters. The van der Waals surface area contributed by atoms with Crippen molar-refractivity contribution in [3.8, 4) is 0 Å². The number of amides is 1. The number of carbonyl (C=O) groups excluding carboxylic acids is 1. The van der Waals surface area contributed by atoms with E-state index >= 15 is 0 Å². The Morgan fingerprint density at radius 1 is 1.42 bits per heavy atom. The number of likely N-dealkylation sites (N-methyl/N-ethyl adjacent to an activating group) is 1. The van der Waals surface area contributed by atoms with E-state index in [-0.39, 0.29) is 5.91 Å². The van der Waals surface area contributed by atoms with E-state index in [0.29, 0.717) is 10.9 Å². The van der Waals surface area contributed by atoms with Gasteiger partial charge < -0.3 is 14.2 Å². The molecule has 5 nitrogen and oxygen atoms in total. The molecule has 0 spiro atoms. The predicted octanol–water partition coefficient (Wildman–Crippen LogP) is 0.941. The molecule has 1 aromatic rings. The second-order valence-corrected chi connectivity index (χ2v) is 4.82. The minimum atomic E-state index is -0.236. The van der Waals surface area contributed by atoms with Gasteiger partial charge in [0.05, 0.1) is 6.26 Å². The number of rotatable bonds is 2. The normalized spacial score (nSPS) is 16.8. The van der Waals surface area contributed by atoms with Gasteiger partial charge in [-0.25, -0.2) is 0 Å². The summed E-state index contributed by atoms with van der Waals surface area (Å²) in [6.45, 7) is 3.60. The Balaban J connectivity index is 1.80. The minimum Gasteiger partial charge on any atom is -0.465 e. The molecule has 1 saturated heterocycles. The molecule has 1 N–H and O–H groups in total. The number of hydrogen-bond acceptors (Lipinski definition) is 4. The maximum Gasteiger partial charge on any atom is 0.250 e. The molecule has 0 aliphatic carbocycles. The lowest BCUT2D eigenvalue weighted by molar-refractivity contribution is -0.115. The number of nitrogens with zero attached hydrogens (tertiary/aromatic N) is 2. The smallest absolute Gasteiger partial charge is 0.250 e. The summed E-state index contributed by atoms with van der Waals surface area (Å²) in [5.74, 6) is 0.404. The first-order valence-electron chi connectivity index (χ1n) is 6.15. The molecule has 2 rings (SSSR count). The number of piperazine rings is 1. The molecule has 0 radical (unpaired) electrons. The molecule has 2 heterocycles. The van der Waals surface area contributed by atoms with Crippen LogP contribution >= 0.6 is 12.2 Å². The first-order chi connectivity index (χ1) is 9.15. The highest BCUT2D eigenvalue weighted by molar-refractivity contribution is 7.80. The van der Waals surface area contributed by atoms with Crippen molar-refractivity contribution in [1.82, 2.24) is 15.1 Å². The summed E-state index contributed by atoms with van der Waals surface area (Å²) in [5.41, 5.74) is 0. The van der Waals surface area contributed by atoms with Gasteiger partial charge >= 0.3 is 0 Å². The molecular weight excluding hydrogens is 262 g/mol. The summed E-state index contributed by atoms with van der Waals surface area (Å²) in [7, 11) is 2.07. The zero-order chi connectivity index (χ0) is 13.7. The van der Waals surface area contributed by atoms with Crippen molar-refractivity contribution in [2.75, 3.05) is 33.2 Å². The van der Waals surface area contributed by atoms with E-state index < -0.39 is 0 Å². The molecule has 1 aromatic heterocycles. The average Bonchev–Trinajstić information content (AvgIpc) is 2.90. The summed E-state index contributed by atoms with van der Waals surface area (Å²) < 4.78 is 5.10. The average molecular weight is 279 g/mol. The van der Waals surface area contributed by atoms with Gasteiger partial charge in [-0.1, -0.05) is 0 Å². The molecule has 102 valence electrons. The third-order valence-electron chi connectivity index (χ3n) is 2.96. The lowest BCUT2D eigenvalue weighted by Gasteiger charge is -2.33. The Morgan fingerprint density at radius 3 is 2.79 bits per heavy atom. The van der Waals surface area contributed by atoms with E-state index in [2.05, 4.69) is 17.3 Å². The van der Waals surface area contributed by atoms with Crippen molar-refractivity contribution in [3.05, 3.63) is 30.2 Å². The first-order valence-corrected chi connectivity index (χ1v) is 6.56. The van der Waals surface area contributed by atoms with Gasteiger partial charge in [0.15, 0.2) is 5.11 Å². The molecular formula is C13H17N3O2S. The Labute approximate surface area is 117 Å². The van der Waals surface area contributed by atoms with Crippen LogP contribution in [0.5, 0.6) is 0 Å². The number of furan rings is 1. The SMILES string of the molecule is CN1CCN(C(=S)NC(=O)C=Cc2ccco2)CC1. The third-order valence-corrected chi connectivity index (χ3v) is 3.32. The summed E-state index contributed by atoms with van der Waals surface area (Å²) in [6.07, 6.45) is 4.59. The van der Waals surface area contributed by atoms with E-state index in [4.69, 9.17) is 16.6 Å². The van der Waals surface area contributed by atoms with Crippen molar-refractivity contribution < 1.29 is 9.21 Å². The van der Waals surface area contributed by atoms with Gasteiger partial charge in [0.25, 0.3) is 0 Å². The Bertz CT molecular complexity index is 462. The van der Waals surface area contributed by atoms with E-state index in [1.165, 1.54) is 6.08 Å². The summed E-state index contributed by atoms with van der Waals surface area (Å²) in [4.78, 5) is 15.9. The van der Waals surface area contributed by atoms with E-state index in [1.54, 1.807) is 24.5 Å². The fraction of sp³-hybridized carbons (Fsp3) is 0.385. The summed E-state index contributed by atoms with van der Waals surface area (Å²) in [6, 6.07) is 3.55. The maximum absolute atomic E-state index is 11.7. The quantitative estimate of drug-likeness (QED) is 0.645. The van der Waals surface area contributed by atoms with Crippen LogP contribution in [0.4, 0.5) is 0 Å². The standard InChI is InChI=1S/C13H17N3O2S/c1-15-6-8-16(9-7-15)13(19)14-12(17)5-4-11-3-2-10-18-11/h2-5,10H,6-9H2,1H3,(H,14,17,19). The van der Waals surface area contributed by atoms with Crippen molar-refractivity contribution in [2.45, 2.75) is 0 Å². The second kappa shape index (κ2) is 6.49. The lowest BCUT2D eigenvalue weighted by Crippen LogP contribution is -2.51. The van der Waals surface area contributed by atoms with Crippen molar-refractivity contribution in [3.63, 3.8) is 0 Å². The van der Waals surface area contributed by atoms with Crippen LogP contribution in [-0.4, -0.2) is 54.0 Å². The largest absolute Gasteiger partial charge is 0.465 e. The van der Waals surface area contributed by atoms with Crippen molar-refractivity contribution in [2.24, 2.45) is 0 Å². The number of carbonyl (C=O) groups is 1. The van der Waals surface area contributed by atoms with E-state index in [0.717, 1.165) is 26.2 Å². The molecule has 1 fully saturated rings. The lowest BCUT2D eigenvalue weighted by atomic mass is 10.3. The molecule has 0 atom stereocenters. The van der Waals surface area contributed by atoms with Gasteiger partial charge in [-0.2, -0.15) is 0 Å². The highest BCUT2D eigenvalue weighted by Gasteiger charge is 2.16. The van der Waals surface area contributed by atoms with E-state index in [9.17, 15) is 4.79 Å². The van der Waals surface area contributed by atoms with Gasteiger partial charge in [0, 0.05) is 32.3 Å². The Morgan fingerprint density at radius 2 is 2.16 bits per heavy atom. The van der Waals surface area contributed by atoms with Crippen LogP contribution in [0.3, 0.4) is 0 Å². The van der Waals surface area contributed by atoms with E-state index in [1.807, 2.05) is 4.90 Å². The zero-order valence-electron chi connectivity index (χ0n) is 10.8. The van der Waals surface area contributed by atoms with Crippen LogP contribution < -0.4 is 5.32 Å². The molecule has 0 aromatic carbocycles. The Hall–Kier alpha value is -1.66. The number of thiocarbonyl (C=S) groups is 1. The van der Waals surface area contributed by atoms with Crippen molar-refractivity contribution in [1.29, 1.82) is 0 Å². The van der Waals surface area contributed by atoms with Crippen LogP contribution in [0, 0.1) is 0 Å². The molecule has 0 saturated carbocycles. The van der Waals surface area contributed by atoms with Gasteiger partial charge in [0.2, 0.25) is 5.91 Å². The molecule has 0 bridgehead atoms. The number of hydrogen-bond donors (Lipinski definition) is 1. The fourth-order valence-electron chi connectivity index (χ4n) is 1.78. The molecule has 1 amide bonds.